The van der Waals surface area contributed by atoms with Gasteiger partial charge in [0.05, 0.1) is 0 Å². The number of aryl methyl sites for hydroxylation is 1. The Morgan fingerprint density at radius 1 is 1.33 bits per heavy atom. The van der Waals surface area contributed by atoms with Gasteiger partial charge in [-0.2, -0.15) is 0 Å². The van der Waals surface area contributed by atoms with Gasteiger partial charge in [0.25, 0.3) is 0 Å². The maximum Gasteiger partial charge on any atom is 0.164 e. The summed E-state index contributed by atoms with van der Waals surface area (Å²) >= 11 is 3.50. The Morgan fingerprint density at radius 2 is 2.00 bits per heavy atom. The van der Waals surface area contributed by atoms with Crippen LogP contribution in [0.3, 0.4) is 0 Å². The summed E-state index contributed by atoms with van der Waals surface area (Å²) in [6, 6.07) is 4.18. The highest BCUT2D eigenvalue weighted by Gasteiger charge is 2.32. The van der Waals surface area contributed by atoms with Crippen LogP contribution in [0.15, 0.2) is 16.6 Å². The molecule has 0 saturated carbocycles. The van der Waals surface area contributed by atoms with Crippen LogP contribution in [0.5, 0.6) is 0 Å². The van der Waals surface area contributed by atoms with Crippen LogP contribution in [0.4, 0.5) is 0 Å². The number of carbonyl (C=O) groups is 1. The molecule has 0 fully saturated rings. The van der Waals surface area contributed by atoms with Gasteiger partial charge in [0.1, 0.15) is 0 Å². The molecule has 0 saturated heterocycles. The fraction of sp³-hybridized carbons (Fsp3) is 0.462. The van der Waals surface area contributed by atoms with E-state index in [4.69, 9.17) is 0 Å². The van der Waals surface area contributed by atoms with E-state index in [0.717, 1.165) is 16.5 Å². The molecule has 0 spiro atoms. The summed E-state index contributed by atoms with van der Waals surface area (Å²) < 4.78 is 0.954. The summed E-state index contributed by atoms with van der Waals surface area (Å²) in [6.07, 6.45) is 1.62. The van der Waals surface area contributed by atoms with E-state index in [2.05, 4.69) is 42.8 Å². The Bertz CT molecular complexity index is 432. The lowest BCUT2D eigenvalue weighted by Crippen LogP contribution is -2.27. The number of halogens is 1. The molecule has 1 aromatic carbocycles. The maximum absolute atomic E-state index is 11.9. The Morgan fingerprint density at radius 3 is 2.67 bits per heavy atom. The second-order valence-corrected chi connectivity index (χ2v) is 5.83. The van der Waals surface area contributed by atoms with Crippen LogP contribution in [-0.2, 0) is 5.41 Å². The van der Waals surface area contributed by atoms with Crippen molar-refractivity contribution in [3.05, 3.63) is 33.3 Å². The van der Waals surface area contributed by atoms with Crippen LogP contribution in [0.1, 0.15) is 48.2 Å². The fourth-order valence-electron chi connectivity index (χ4n) is 2.25. The van der Waals surface area contributed by atoms with Gasteiger partial charge in [-0.1, -0.05) is 35.8 Å². The van der Waals surface area contributed by atoms with Gasteiger partial charge >= 0.3 is 0 Å². The van der Waals surface area contributed by atoms with Gasteiger partial charge in [-0.15, -0.1) is 0 Å². The zero-order chi connectivity index (χ0) is 11.2. The highest BCUT2D eigenvalue weighted by molar-refractivity contribution is 9.10. The van der Waals surface area contributed by atoms with Crippen molar-refractivity contribution in [1.29, 1.82) is 0 Å². The lowest BCUT2D eigenvalue weighted by Gasteiger charge is -2.32. The van der Waals surface area contributed by atoms with Crippen molar-refractivity contribution in [2.24, 2.45) is 0 Å². The number of ketones is 1. The van der Waals surface area contributed by atoms with Gasteiger partial charge in [0.2, 0.25) is 0 Å². The molecule has 0 amide bonds. The van der Waals surface area contributed by atoms with E-state index in [1.165, 1.54) is 11.1 Å². The number of Topliss-reactive ketones (excluding diaryl/α,β-unsaturated/α-hetero) is 1. The third-order valence-corrected chi connectivity index (χ3v) is 3.85. The number of benzene rings is 1. The van der Waals surface area contributed by atoms with E-state index in [9.17, 15) is 4.79 Å². The Labute approximate surface area is 99.0 Å². The van der Waals surface area contributed by atoms with Gasteiger partial charge in [-0.05, 0) is 36.0 Å². The summed E-state index contributed by atoms with van der Waals surface area (Å²) in [7, 11) is 0. The summed E-state index contributed by atoms with van der Waals surface area (Å²) in [6.45, 7) is 6.49. The van der Waals surface area contributed by atoms with Crippen LogP contribution in [0, 0.1) is 6.92 Å². The second kappa shape index (κ2) is 3.44. The molecule has 0 radical (unpaired) electrons. The quantitative estimate of drug-likeness (QED) is 0.694. The lowest BCUT2D eigenvalue weighted by atomic mass is 9.72. The molecule has 0 atom stereocenters. The number of rotatable bonds is 0. The van der Waals surface area contributed by atoms with Gasteiger partial charge in [-0.3, -0.25) is 4.79 Å². The van der Waals surface area contributed by atoms with E-state index < -0.39 is 0 Å². The van der Waals surface area contributed by atoms with Crippen molar-refractivity contribution >= 4 is 21.7 Å². The maximum atomic E-state index is 11.9. The van der Waals surface area contributed by atoms with Crippen LogP contribution >= 0.6 is 15.9 Å². The second-order valence-electron chi connectivity index (χ2n) is 4.98. The molecule has 0 N–H and O–H groups in total. The van der Waals surface area contributed by atoms with Crippen LogP contribution in [0.25, 0.3) is 0 Å². The standard InChI is InChI=1S/C13H15BrO/c1-8-6-9-12(10(14)7-8)11(15)4-5-13(9,2)3/h6-7H,4-5H2,1-3H3. The summed E-state index contributed by atoms with van der Waals surface area (Å²) in [5, 5.41) is 0. The predicted octanol–water partition coefficient (Wildman–Crippen LogP) is 4.01. The number of fused-ring (bicyclic) bond motifs is 1. The molecule has 0 aliphatic heterocycles. The Balaban J connectivity index is 2.73. The predicted molar refractivity (Wildman–Crippen MR) is 65.5 cm³/mol. The third kappa shape index (κ3) is 1.76. The average Bonchev–Trinajstić information content (AvgIpc) is 2.11. The SMILES string of the molecule is Cc1cc(Br)c2c(c1)C(C)(C)CCC2=O. The molecule has 15 heavy (non-hydrogen) atoms. The van der Waals surface area contributed by atoms with Crippen molar-refractivity contribution in [3.63, 3.8) is 0 Å². The monoisotopic (exact) mass is 266 g/mol. The number of hydrogen-bond donors (Lipinski definition) is 0. The van der Waals surface area contributed by atoms with Crippen LogP contribution < -0.4 is 0 Å². The zero-order valence-corrected chi connectivity index (χ0v) is 10.9. The van der Waals surface area contributed by atoms with Gasteiger partial charge in [0, 0.05) is 16.5 Å². The molecule has 2 heteroatoms. The fourth-order valence-corrected chi connectivity index (χ4v) is 3.04. The first-order valence-electron chi connectivity index (χ1n) is 5.25. The number of hydrogen-bond acceptors (Lipinski definition) is 1. The van der Waals surface area contributed by atoms with E-state index in [0.29, 0.717) is 6.42 Å². The van der Waals surface area contributed by atoms with Crippen LogP contribution in [0.2, 0.25) is 0 Å². The Hall–Kier alpha value is -0.630. The first-order valence-corrected chi connectivity index (χ1v) is 6.05. The van der Waals surface area contributed by atoms with Crippen LogP contribution in [-0.4, -0.2) is 5.78 Å². The van der Waals surface area contributed by atoms with Gasteiger partial charge in [0.15, 0.2) is 5.78 Å². The smallest absolute Gasteiger partial charge is 0.164 e. The first kappa shape index (κ1) is 10.9. The molecule has 0 unspecified atom stereocenters. The molecule has 0 bridgehead atoms. The molecule has 0 aromatic heterocycles. The molecule has 1 aliphatic rings. The topological polar surface area (TPSA) is 17.1 Å². The highest BCUT2D eigenvalue weighted by Crippen LogP contribution is 2.40. The molecule has 1 aliphatic carbocycles. The molecule has 1 nitrogen and oxygen atoms in total. The van der Waals surface area contributed by atoms with E-state index in [1.54, 1.807) is 0 Å². The van der Waals surface area contributed by atoms with Crippen molar-refractivity contribution in [2.45, 2.75) is 39.0 Å². The lowest BCUT2D eigenvalue weighted by molar-refractivity contribution is 0.0956. The van der Waals surface area contributed by atoms with E-state index in [1.807, 2.05) is 6.07 Å². The van der Waals surface area contributed by atoms with Crippen molar-refractivity contribution in [2.75, 3.05) is 0 Å². The number of carbonyl (C=O) groups excluding carboxylic acids is 1. The molecule has 0 heterocycles. The minimum Gasteiger partial charge on any atom is -0.294 e. The summed E-state index contributed by atoms with van der Waals surface area (Å²) in [5.74, 6) is 0.274. The summed E-state index contributed by atoms with van der Waals surface area (Å²) in [5.41, 5.74) is 3.43. The van der Waals surface area contributed by atoms with Gasteiger partial charge in [-0.25, -0.2) is 0 Å². The van der Waals surface area contributed by atoms with E-state index in [-0.39, 0.29) is 11.2 Å². The Kier molecular flexibility index (Phi) is 2.50. The molecule has 80 valence electrons. The molecular formula is C13H15BrO. The zero-order valence-electron chi connectivity index (χ0n) is 9.36. The van der Waals surface area contributed by atoms with Crippen molar-refractivity contribution in [3.8, 4) is 0 Å². The first-order chi connectivity index (χ1) is 6.92. The normalized spacial score (nSPS) is 18.8. The molecule has 1 aromatic rings. The van der Waals surface area contributed by atoms with Crippen molar-refractivity contribution in [1.82, 2.24) is 0 Å². The highest BCUT2D eigenvalue weighted by atomic mass is 79.9. The largest absolute Gasteiger partial charge is 0.294 e. The van der Waals surface area contributed by atoms with Gasteiger partial charge < -0.3 is 0 Å². The minimum atomic E-state index is 0.123. The summed E-state index contributed by atoms with van der Waals surface area (Å²) in [4.78, 5) is 11.9. The molecular weight excluding hydrogens is 252 g/mol. The average molecular weight is 267 g/mol. The van der Waals surface area contributed by atoms with Crippen molar-refractivity contribution < 1.29 is 4.79 Å². The third-order valence-electron chi connectivity index (χ3n) is 3.22. The minimum absolute atomic E-state index is 0.123. The molecule has 2 rings (SSSR count). The van der Waals surface area contributed by atoms with E-state index >= 15 is 0 Å².